The van der Waals surface area contributed by atoms with Gasteiger partial charge in [-0.1, -0.05) is 20.8 Å². The second-order valence-electron chi connectivity index (χ2n) is 21.4. The lowest BCUT2D eigenvalue weighted by molar-refractivity contribution is -0.282. The van der Waals surface area contributed by atoms with Crippen LogP contribution in [0.25, 0.3) is 0 Å². The normalized spacial score (nSPS) is 30.1. The van der Waals surface area contributed by atoms with E-state index in [0.29, 0.717) is 45.3 Å². The SMILES string of the molecule is CC(C)OCCCNC(=O)CCCC(=O)NC(CCCC(=O)NCCCO[C@@H]1OC(CO)[C@H](O)[C@H](O)C1C)(CCC(=O)CCCCO[C@@H]1OC(CO)[C@H](O)[C@H](O)C1C)CCC(=O)NCCCO[C@@H]1OC(CO)[C@H](O)[C@H](O)C1C. The molecule has 25 heteroatoms. The Morgan fingerprint density at radius 3 is 1.27 bits per heavy atom. The Balaban J connectivity index is 1.66. The van der Waals surface area contributed by atoms with E-state index in [4.69, 9.17) is 33.2 Å². The molecule has 0 saturated carbocycles. The minimum absolute atomic E-state index is 0.0170. The Morgan fingerprint density at radius 2 is 0.833 bits per heavy atom. The molecule has 3 heterocycles. The van der Waals surface area contributed by atoms with Crippen molar-refractivity contribution in [3.8, 4) is 0 Å². The fourth-order valence-corrected chi connectivity index (χ4v) is 9.51. The molecule has 7 unspecified atom stereocenters. The highest BCUT2D eigenvalue weighted by Gasteiger charge is 2.45. The molecule has 3 saturated heterocycles. The average molecular weight is 1130 g/mol. The summed E-state index contributed by atoms with van der Waals surface area (Å²) >= 11 is 0. The molecule has 0 aliphatic carbocycles. The molecule has 0 aromatic rings. The zero-order valence-corrected chi connectivity index (χ0v) is 46.5. The number of rotatable bonds is 39. The van der Waals surface area contributed by atoms with Gasteiger partial charge in [-0.3, -0.25) is 24.0 Å². The standard InChI is InChI=1S/C53H96N4O21/c1-32(2)72-26-10-22-54-40(62)14-8-15-43(65)57-53(20-17-36(61)13-6-7-25-73-50-33(3)44(66)47(69)37(29-58)76-50,21-18-42(64)56-24-12-28-75-52-35(5)46(68)49(71)39(31-60)78-52)19-9-16-41(63)55-23-11-27-74-51-34(4)45(67)48(70)38(30-59)77-51/h32-35,37-39,44-52,58-60,66-71H,6-31H2,1-5H3,(H,54,62)(H,55,63)(H,56,64)(H,57,65)/t33?,34?,35?,37?,38?,39?,44-,45-,46-,47+,48+,49+,50-,51-,52-,53?/m1/s1. The minimum atomic E-state index is -1.28. The van der Waals surface area contributed by atoms with E-state index in [-0.39, 0.29) is 133 Å². The van der Waals surface area contributed by atoms with Gasteiger partial charge in [-0.2, -0.15) is 0 Å². The summed E-state index contributed by atoms with van der Waals surface area (Å²) in [6, 6.07) is 0. The first-order valence-electron chi connectivity index (χ1n) is 28.1. The van der Waals surface area contributed by atoms with Crippen molar-refractivity contribution in [2.45, 2.75) is 223 Å². The van der Waals surface area contributed by atoms with Crippen molar-refractivity contribution in [2.75, 3.05) is 65.9 Å². The van der Waals surface area contributed by atoms with Gasteiger partial charge in [-0.25, -0.2) is 0 Å². The van der Waals surface area contributed by atoms with Crippen LogP contribution in [0.15, 0.2) is 0 Å². The number of Topliss-reactive ketones (excluding diaryl/α,β-unsaturated/α-hetero) is 1. The molecule has 78 heavy (non-hydrogen) atoms. The molecule has 16 atom stereocenters. The third-order valence-corrected chi connectivity index (χ3v) is 14.6. The van der Waals surface area contributed by atoms with Crippen LogP contribution in [0.4, 0.5) is 0 Å². The van der Waals surface area contributed by atoms with Gasteiger partial charge in [0.05, 0.1) is 57.5 Å². The maximum absolute atomic E-state index is 13.8. The lowest BCUT2D eigenvalue weighted by Gasteiger charge is -2.40. The highest BCUT2D eigenvalue weighted by Crippen LogP contribution is 2.31. The van der Waals surface area contributed by atoms with E-state index in [1.54, 1.807) is 20.8 Å². The summed E-state index contributed by atoms with van der Waals surface area (Å²) in [5.74, 6) is -3.15. The van der Waals surface area contributed by atoms with Crippen molar-refractivity contribution in [1.29, 1.82) is 0 Å². The maximum Gasteiger partial charge on any atom is 0.220 e. The monoisotopic (exact) mass is 1120 g/mol. The van der Waals surface area contributed by atoms with E-state index in [1.165, 1.54) is 0 Å². The van der Waals surface area contributed by atoms with Crippen molar-refractivity contribution in [3.63, 3.8) is 0 Å². The smallest absolute Gasteiger partial charge is 0.220 e. The number of aliphatic hydroxyl groups excluding tert-OH is 9. The Bertz CT molecular complexity index is 1670. The van der Waals surface area contributed by atoms with E-state index in [2.05, 4.69) is 21.3 Å². The number of unbranched alkanes of at least 4 members (excludes halogenated alkanes) is 1. The van der Waals surface area contributed by atoms with E-state index in [1.807, 2.05) is 13.8 Å². The molecule has 0 aromatic heterocycles. The number of carbonyl (C=O) groups excluding carboxylic acids is 5. The summed E-state index contributed by atoms with van der Waals surface area (Å²) in [4.78, 5) is 66.7. The molecule has 0 bridgehead atoms. The number of hydrogen-bond acceptors (Lipinski definition) is 21. The fraction of sp³-hybridized carbons (Fsp3) is 0.906. The van der Waals surface area contributed by atoms with Crippen molar-refractivity contribution in [2.24, 2.45) is 17.8 Å². The molecule has 3 aliphatic rings. The summed E-state index contributed by atoms with van der Waals surface area (Å²) in [5.41, 5.74) is -1.14. The van der Waals surface area contributed by atoms with E-state index < -0.39 is 123 Å². The Labute approximate surface area is 459 Å². The first kappa shape index (κ1) is 69.2. The number of ether oxygens (including phenoxy) is 7. The van der Waals surface area contributed by atoms with Crippen LogP contribution in [0.3, 0.4) is 0 Å². The van der Waals surface area contributed by atoms with Crippen LogP contribution >= 0.6 is 0 Å². The highest BCUT2D eigenvalue weighted by molar-refractivity contribution is 5.81. The molecule has 13 N–H and O–H groups in total. The minimum Gasteiger partial charge on any atom is -0.394 e. The second-order valence-corrected chi connectivity index (χ2v) is 21.4. The molecule has 454 valence electrons. The molecular formula is C53H96N4O21. The summed E-state index contributed by atoms with van der Waals surface area (Å²) in [7, 11) is 0. The average Bonchev–Trinajstić information content (AvgIpc) is 3.43. The molecule has 25 nitrogen and oxygen atoms in total. The third-order valence-electron chi connectivity index (χ3n) is 14.6. The van der Waals surface area contributed by atoms with Crippen LogP contribution in [0.1, 0.15) is 137 Å². The topological polar surface area (TPSA) is 380 Å². The molecule has 4 amide bonds. The molecular weight excluding hydrogens is 1030 g/mol. The molecule has 3 rings (SSSR count). The predicted octanol–water partition coefficient (Wildman–Crippen LogP) is -1.30. The summed E-state index contributed by atoms with van der Waals surface area (Å²) in [6.07, 6.45) is -9.66. The van der Waals surface area contributed by atoms with E-state index in [9.17, 15) is 69.9 Å². The van der Waals surface area contributed by atoms with Crippen molar-refractivity contribution in [3.05, 3.63) is 0 Å². The number of amides is 4. The van der Waals surface area contributed by atoms with E-state index >= 15 is 0 Å². The molecule has 0 radical (unpaired) electrons. The summed E-state index contributed by atoms with van der Waals surface area (Å²) < 4.78 is 39.7. The molecule has 0 spiro atoms. The molecule has 0 aromatic carbocycles. The van der Waals surface area contributed by atoms with Crippen molar-refractivity contribution in [1.82, 2.24) is 21.3 Å². The van der Waals surface area contributed by atoms with Crippen LogP contribution in [0.5, 0.6) is 0 Å². The zero-order valence-electron chi connectivity index (χ0n) is 46.5. The van der Waals surface area contributed by atoms with Crippen LogP contribution in [-0.2, 0) is 57.1 Å². The number of aliphatic hydroxyl groups is 9. The highest BCUT2D eigenvalue weighted by atomic mass is 16.7. The molecule has 3 fully saturated rings. The second kappa shape index (κ2) is 37.1. The van der Waals surface area contributed by atoms with Gasteiger partial charge in [0, 0.05) is 94.7 Å². The summed E-state index contributed by atoms with van der Waals surface area (Å²) in [6.45, 7) is 9.00. The fourth-order valence-electron chi connectivity index (χ4n) is 9.51. The van der Waals surface area contributed by atoms with Crippen LogP contribution in [0, 0.1) is 17.8 Å². The Kier molecular flexibility index (Phi) is 32.9. The predicted molar refractivity (Wildman–Crippen MR) is 278 cm³/mol. The summed E-state index contributed by atoms with van der Waals surface area (Å²) in [5, 5.41) is 102. The zero-order chi connectivity index (χ0) is 57.8. The van der Waals surface area contributed by atoms with Gasteiger partial charge >= 0.3 is 0 Å². The van der Waals surface area contributed by atoms with Gasteiger partial charge in [-0.05, 0) is 78.1 Å². The van der Waals surface area contributed by atoms with Gasteiger partial charge in [0.25, 0.3) is 0 Å². The van der Waals surface area contributed by atoms with Crippen LogP contribution in [0.2, 0.25) is 0 Å². The Morgan fingerprint density at radius 1 is 0.449 bits per heavy atom. The number of carbonyl (C=O) groups is 5. The third kappa shape index (κ3) is 24.2. The molecule has 3 aliphatic heterocycles. The van der Waals surface area contributed by atoms with Crippen LogP contribution < -0.4 is 21.3 Å². The van der Waals surface area contributed by atoms with Gasteiger partial charge in [0.1, 0.15) is 42.4 Å². The first-order valence-corrected chi connectivity index (χ1v) is 28.1. The lowest BCUT2D eigenvalue weighted by Crippen LogP contribution is -2.55. The van der Waals surface area contributed by atoms with Gasteiger partial charge in [0.2, 0.25) is 23.6 Å². The van der Waals surface area contributed by atoms with Crippen molar-refractivity contribution >= 4 is 29.4 Å². The lowest BCUT2D eigenvalue weighted by atomic mass is 9.81. The largest absolute Gasteiger partial charge is 0.394 e. The quantitative estimate of drug-likeness (QED) is 0.0318. The Hall–Kier alpha value is -3.09. The number of nitrogens with one attached hydrogen (secondary N) is 4. The van der Waals surface area contributed by atoms with Gasteiger partial charge in [0.15, 0.2) is 18.9 Å². The first-order chi connectivity index (χ1) is 37.2. The van der Waals surface area contributed by atoms with Gasteiger partial charge < -0.3 is 100 Å². The van der Waals surface area contributed by atoms with Crippen LogP contribution in [-0.4, -0.2) is 227 Å². The maximum atomic E-state index is 13.8. The number of ketones is 1. The van der Waals surface area contributed by atoms with E-state index in [0.717, 1.165) is 0 Å². The van der Waals surface area contributed by atoms with Gasteiger partial charge in [-0.15, -0.1) is 0 Å². The van der Waals surface area contributed by atoms with Crippen molar-refractivity contribution < 1.29 is 103 Å². The number of hydrogen-bond donors (Lipinski definition) is 13.